The summed E-state index contributed by atoms with van der Waals surface area (Å²) < 4.78 is 9.66. The van der Waals surface area contributed by atoms with Gasteiger partial charge in [-0.15, -0.1) is 12.6 Å². The first-order chi connectivity index (χ1) is 6.75. The van der Waals surface area contributed by atoms with Crippen molar-refractivity contribution in [1.82, 2.24) is 0 Å². The number of carbonyl (C=O) groups is 3. The van der Waals surface area contributed by atoms with E-state index in [1.165, 1.54) is 20.8 Å². The van der Waals surface area contributed by atoms with Crippen LogP contribution >= 0.6 is 12.6 Å². The van der Waals surface area contributed by atoms with Crippen LogP contribution < -0.4 is 0 Å². The molecule has 0 N–H and O–H groups in total. The summed E-state index contributed by atoms with van der Waals surface area (Å²) in [4.78, 5) is 32.2. The third kappa shape index (κ3) is 6.96. The van der Waals surface area contributed by atoms with Crippen molar-refractivity contribution in [3.05, 3.63) is 0 Å². The van der Waals surface area contributed by atoms with E-state index in [-0.39, 0.29) is 18.0 Å². The number of hydrogen-bond acceptors (Lipinski definition) is 5. The summed E-state index contributed by atoms with van der Waals surface area (Å²) in [5.74, 6) is -2.55. The molecule has 0 unspecified atom stereocenters. The van der Waals surface area contributed by atoms with Crippen molar-refractivity contribution in [3.63, 3.8) is 0 Å². The third-order valence-corrected chi connectivity index (χ3v) is 1.74. The van der Waals surface area contributed by atoms with E-state index in [2.05, 4.69) is 12.6 Å². The molecule has 5 nitrogen and oxygen atoms in total. The van der Waals surface area contributed by atoms with Gasteiger partial charge in [-0.1, -0.05) is 0 Å². The van der Waals surface area contributed by atoms with E-state index >= 15 is 0 Å². The highest BCUT2D eigenvalue weighted by Gasteiger charge is 2.31. The Balaban J connectivity index is 4.46. The molecular formula is C9H14O5S. The van der Waals surface area contributed by atoms with Crippen molar-refractivity contribution >= 4 is 29.7 Å². The van der Waals surface area contributed by atoms with Crippen molar-refractivity contribution in [2.75, 3.05) is 0 Å². The molecular weight excluding hydrogens is 220 g/mol. The molecule has 0 aromatic rings. The summed E-state index contributed by atoms with van der Waals surface area (Å²) in [7, 11) is 0. The van der Waals surface area contributed by atoms with Crippen molar-refractivity contribution in [2.24, 2.45) is 0 Å². The van der Waals surface area contributed by atoms with Crippen LogP contribution in [-0.4, -0.2) is 22.8 Å². The van der Waals surface area contributed by atoms with Gasteiger partial charge in [0.2, 0.25) is 0 Å². The predicted octanol–water partition coefficient (Wildman–Crippen LogP) is 1.07. The third-order valence-electron chi connectivity index (χ3n) is 1.51. The van der Waals surface area contributed by atoms with Crippen LogP contribution in [0.4, 0.5) is 0 Å². The molecule has 0 aliphatic heterocycles. The Hall–Kier alpha value is -1.04. The van der Waals surface area contributed by atoms with Gasteiger partial charge in [0.1, 0.15) is 0 Å². The summed E-state index contributed by atoms with van der Waals surface area (Å²) in [6.45, 7) is 3.82. The SMILES string of the molecule is CC(=O)OC(C)(CCC(=O)S)OC(C)=O. The molecule has 0 rings (SSSR count). The second-order valence-corrected chi connectivity index (χ2v) is 3.71. The summed E-state index contributed by atoms with van der Waals surface area (Å²) in [6, 6.07) is 0. The van der Waals surface area contributed by atoms with Gasteiger partial charge in [-0.05, 0) is 0 Å². The van der Waals surface area contributed by atoms with Crippen LogP contribution in [0.15, 0.2) is 0 Å². The predicted molar refractivity (Wildman–Crippen MR) is 55.2 cm³/mol. The van der Waals surface area contributed by atoms with Gasteiger partial charge in [0, 0.05) is 33.6 Å². The van der Waals surface area contributed by atoms with Gasteiger partial charge < -0.3 is 9.47 Å². The molecule has 15 heavy (non-hydrogen) atoms. The first kappa shape index (κ1) is 14.0. The molecule has 0 spiro atoms. The van der Waals surface area contributed by atoms with E-state index in [4.69, 9.17) is 9.47 Å². The number of carbonyl (C=O) groups excluding carboxylic acids is 3. The Labute approximate surface area is 93.5 Å². The van der Waals surface area contributed by atoms with Gasteiger partial charge in [-0.25, -0.2) is 0 Å². The van der Waals surface area contributed by atoms with Crippen LogP contribution in [0.25, 0.3) is 0 Å². The maximum Gasteiger partial charge on any atom is 0.305 e. The van der Waals surface area contributed by atoms with Crippen molar-refractivity contribution in [2.45, 2.75) is 39.4 Å². The van der Waals surface area contributed by atoms with Crippen molar-refractivity contribution in [3.8, 4) is 0 Å². The Bertz CT molecular complexity index is 258. The molecule has 0 saturated carbocycles. The second-order valence-electron chi connectivity index (χ2n) is 3.21. The monoisotopic (exact) mass is 234 g/mol. The van der Waals surface area contributed by atoms with Crippen LogP contribution in [0.2, 0.25) is 0 Å². The first-order valence-corrected chi connectivity index (χ1v) is 4.81. The van der Waals surface area contributed by atoms with Crippen LogP contribution in [0.1, 0.15) is 33.6 Å². The highest BCUT2D eigenvalue weighted by Crippen LogP contribution is 2.20. The maximum atomic E-state index is 10.8. The molecule has 0 aromatic carbocycles. The lowest BCUT2D eigenvalue weighted by molar-refractivity contribution is -0.222. The van der Waals surface area contributed by atoms with Gasteiger partial charge in [-0.2, -0.15) is 0 Å². The Morgan fingerprint density at radius 1 is 1.13 bits per heavy atom. The van der Waals surface area contributed by atoms with Gasteiger partial charge >= 0.3 is 11.9 Å². The molecule has 6 heteroatoms. The lowest BCUT2D eigenvalue weighted by atomic mass is 10.2. The molecule has 0 atom stereocenters. The number of rotatable bonds is 5. The van der Waals surface area contributed by atoms with E-state index in [1.807, 2.05) is 0 Å². The first-order valence-electron chi connectivity index (χ1n) is 4.36. The largest absolute Gasteiger partial charge is 0.423 e. The summed E-state index contributed by atoms with van der Waals surface area (Å²) in [6.07, 6.45) is 0.147. The van der Waals surface area contributed by atoms with E-state index in [9.17, 15) is 14.4 Å². The fourth-order valence-corrected chi connectivity index (χ4v) is 1.18. The average Bonchev–Trinajstić information content (AvgIpc) is 1.97. The van der Waals surface area contributed by atoms with Gasteiger partial charge in [-0.3, -0.25) is 14.4 Å². The summed E-state index contributed by atoms with van der Waals surface area (Å²) in [5, 5.41) is -0.361. The van der Waals surface area contributed by atoms with E-state index < -0.39 is 17.7 Å². The van der Waals surface area contributed by atoms with Crippen LogP contribution in [0.3, 0.4) is 0 Å². The van der Waals surface area contributed by atoms with E-state index in [0.717, 1.165) is 0 Å². The minimum absolute atomic E-state index is 0.0557. The lowest BCUT2D eigenvalue weighted by Gasteiger charge is -2.27. The topological polar surface area (TPSA) is 69.7 Å². The minimum Gasteiger partial charge on any atom is -0.423 e. The van der Waals surface area contributed by atoms with E-state index in [0.29, 0.717) is 0 Å². The average molecular weight is 234 g/mol. The normalized spacial score (nSPS) is 10.7. The zero-order chi connectivity index (χ0) is 12.1. The molecule has 0 saturated heterocycles. The zero-order valence-corrected chi connectivity index (χ0v) is 9.80. The number of hydrogen-bond donors (Lipinski definition) is 1. The maximum absolute atomic E-state index is 10.8. The summed E-state index contributed by atoms with van der Waals surface area (Å²) in [5.41, 5.74) is 0. The van der Waals surface area contributed by atoms with Gasteiger partial charge in [0.05, 0.1) is 0 Å². The van der Waals surface area contributed by atoms with Gasteiger partial charge in [0.15, 0.2) is 5.12 Å². The van der Waals surface area contributed by atoms with Crippen LogP contribution in [-0.2, 0) is 23.9 Å². The molecule has 0 amide bonds. The van der Waals surface area contributed by atoms with Crippen molar-refractivity contribution in [1.29, 1.82) is 0 Å². The van der Waals surface area contributed by atoms with Crippen molar-refractivity contribution < 1.29 is 23.9 Å². The Morgan fingerprint density at radius 3 is 1.80 bits per heavy atom. The number of ether oxygens (including phenoxy) is 2. The fraction of sp³-hybridized carbons (Fsp3) is 0.667. The highest BCUT2D eigenvalue weighted by atomic mass is 32.1. The molecule has 0 aliphatic carbocycles. The number of thiol groups is 1. The second kappa shape index (κ2) is 5.75. The quantitative estimate of drug-likeness (QED) is 0.437. The fourth-order valence-electron chi connectivity index (χ4n) is 1.06. The molecule has 0 fully saturated rings. The highest BCUT2D eigenvalue weighted by molar-refractivity contribution is 7.96. The minimum atomic E-state index is -1.39. The molecule has 0 aromatic heterocycles. The smallest absolute Gasteiger partial charge is 0.305 e. The zero-order valence-electron chi connectivity index (χ0n) is 8.90. The molecule has 0 heterocycles. The Kier molecular flexibility index (Phi) is 5.35. The molecule has 0 bridgehead atoms. The molecule has 0 radical (unpaired) electrons. The summed E-state index contributed by atoms with van der Waals surface area (Å²) >= 11 is 3.57. The number of esters is 2. The van der Waals surface area contributed by atoms with Crippen LogP contribution in [0, 0.1) is 0 Å². The lowest BCUT2D eigenvalue weighted by Crippen LogP contribution is -2.36. The molecule has 0 aliphatic rings. The molecule has 86 valence electrons. The van der Waals surface area contributed by atoms with E-state index in [1.54, 1.807) is 0 Å². The Morgan fingerprint density at radius 2 is 1.53 bits per heavy atom. The van der Waals surface area contributed by atoms with Gasteiger partial charge in [0.25, 0.3) is 5.79 Å². The standard InChI is InChI=1S/C9H14O5S/c1-6(10)13-9(3,14-7(2)11)5-4-8(12)15/h4-5H2,1-3H3,(H,12,15). The van der Waals surface area contributed by atoms with Crippen LogP contribution in [0.5, 0.6) is 0 Å².